The first kappa shape index (κ1) is 51.7. The molecule has 0 aliphatic heterocycles. The molecule has 66 heavy (non-hydrogen) atoms. The molecule has 9 nitrogen and oxygen atoms in total. The van der Waals surface area contributed by atoms with Crippen molar-refractivity contribution in [2.45, 2.75) is 144 Å². The monoisotopic (exact) mass is 1200 g/mol. The summed E-state index contributed by atoms with van der Waals surface area (Å²) in [6.45, 7) is 10.5. The van der Waals surface area contributed by atoms with Crippen LogP contribution in [0.4, 0.5) is 10.3 Å². The maximum absolute atomic E-state index is 13.1. The summed E-state index contributed by atoms with van der Waals surface area (Å²) in [5, 5.41) is 17.1. The van der Waals surface area contributed by atoms with Crippen LogP contribution in [0.1, 0.15) is 148 Å². The van der Waals surface area contributed by atoms with E-state index in [-0.39, 0.29) is 36.0 Å². The molecule has 3 N–H and O–H groups in total. The van der Waals surface area contributed by atoms with Gasteiger partial charge in [0, 0.05) is 58.7 Å². The molecule has 4 aromatic rings. The van der Waals surface area contributed by atoms with Gasteiger partial charge >= 0.3 is 49.4 Å². The number of halogens is 2. The van der Waals surface area contributed by atoms with Crippen molar-refractivity contribution in [1.82, 2.24) is 9.97 Å². The molecule has 0 radical (unpaired) electrons. The van der Waals surface area contributed by atoms with Crippen molar-refractivity contribution in [2.24, 2.45) is 46.3 Å². The molecule has 2 aromatic heterocycles. The van der Waals surface area contributed by atoms with Gasteiger partial charge in [0.1, 0.15) is 17.3 Å². The van der Waals surface area contributed by atoms with E-state index in [1.165, 1.54) is 56.9 Å². The number of thiazole rings is 2. The van der Waals surface area contributed by atoms with E-state index in [4.69, 9.17) is 0 Å². The Labute approximate surface area is 428 Å². The molecule has 0 spiro atoms. The number of benzene rings is 2. The molecule has 4 saturated carbocycles. The van der Waals surface area contributed by atoms with E-state index in [1.54, 1.807) is 18.5 Å². The van der Waals surface area contributed by atoms with Gasteiger partial charge in [-0.3, -0.25) is 19.2 Å². The van der Waals surface area contributed by atoms with Crippen LogP contribution in [0, 0.1) is 67.1 Å². The van der Waals surface area contributed by atoms with Crippen molar-refractivity contribution in [3.63, 3.8) is 0 Å². The van der Waals surface area contributed by atoms with Crippen LogP contribution in [-0.2, 0) is 41.5 Å². The van der Waals surface area contributed by atoms with Gasteiger partial charge in [-0.25, -0.2) is 9.97 Å². The molecule has 6 unspecified atom stereocenters. The van der Waals surface area contributed by atoms with Crippen LogP contribution in [0.15, 0.2) is 48.8 Å². The number of Topliss-reactive ketones (excluding diaryl/α,β-unsaturated/α-hetero) is 2. The van der Waals surface area contributed by atoms with E-state index in [0.29, 0.717) is 104 Å². The molecule has 355 valence electrons. The summed E-state index contributed by atoms with van der Waals surface area (Å²) in [6, 6.07) is 12.8. The summed E-state index contributed by atoms with van der Waals surface area (Å²) in [7, 11) is 0.628. The number of aromatic nitrogens is 2. The summed E-state index contributed by atoms with van der Waals surface area (Å²) < 4.78 is 0. The van der Waals surface area contributed by atoms with Crippen molar-refractivity contribution < 1.29 is 33.8 Å². The van der Waals surface area contributed by atoms with Gasteiger partial charge in [0.25, 0.3) is 0 Å². The fourth-order valence-corrected chi connectivity index (χ4v) is 15.1. The van der Waals surface area contributed by atoms with Gasteiger partial charge in [0.05, 0.1) is 0 Å². The first-order valence-corrected chi connectivity index (χ1v) is 34.1. The van der Waals surface area contributed by atoms with Gasteiger partial charge in [0.15, 0.2) is 10.3 Å². The second-order valence-corrected chi connectivity index (χ2v) is 34.5. The molecular formula is C52H66I2N4O5S2V. The number of aromatic hydroxyl groups is 1. The van der Waals surface area contributed by atoms with Gasteiger partial charge < -0.3 is 15.7 Å². The minimum atomic E-state index is -0.247. The first-order chi connectivity index (χ1) is 31.1. The average molecular weight is 1200 g/mol. The topological polar surface area (TPSA) is 138 Å². The fraction of sp³-hybridized carbons (Fsp3) is 0.577. The van der Waals surface area contributed by atoms with Crippen LogP contribution in [0.25, 0.3) is 0 Å². The number of phenolic OH excluding ortho intramolecular Hbond substituents is 1. The molecule has 6 aliphatic carbocycles. The van der Waals surface area contributed by atoms with E-state index in [9.17, 15) is 24.3 Å². The molecule has 14 heteroatoms. The number of nitrogens with one attached hydrogen (secondary N) is 2. The maximum atomic E-state index is 13.1. The van der Waals surface area contributed by atoms with Crippen molar-refractivity contribution in [1.29, 1.82) is 0 Å². The zero-order chi connectivity index (χ0) is 46.2. The predicted octanol–water partition coefficient (Wildman–Crippen LogP) is 13.5. The van der Waals surface area contributed by atoms with E-state index in [2.05, 4.69) is 106 Å². The SMILES string of the molecule is C.Cc1ccc2c(c1)CCC1C2CC[C@]2(C)C(=O)C[C@@H](CCC(=O)Nc3ncc(C)s3)C12.Cc1cnc(NC(=O)CC[C@@H]2CC(=O)[C@@]3(C)CCC4c5ccc(O)cc5CCC4C23)s1.[I][V][I]. The van der Waals surface area contributed by atoms with Crippen molar-refractivity contribution in [3.8, 4) is 5.75 Å². The third-order valence-corrected chi connectivity index (χ3v) is 18.2. The Bertz CT molecular complexity index is 2260. The number of hydrogen-bond acceptors (Lipinski definition) is 9. The van der Waals surface area contributed by atoms with Gasteiger partial charge in [-0.15, -0.1) is 22.7 Å². The summed E-state index contributed by atoms with van der Waals surface area (Å²) in [4.78, 5) is 61.9. The van der Waals surface area contributed by atoms with Crippen LogP contribution >= 0.6 is 62.6 Å². The summed E-state index contributed by atoms with van der Waals surface area (Å²) in [5.41, 5.74) is 6.57. The Morgan fingerprint density at radius 3 is 1.61 bits per heavy atom. The Morgan fingerprint density at radius 2 is 1.17 bits per heavy atom. The number of carbonyl (C=O) groups excluding carboxylic acids is 4. The Balaban J connectivity index is 0.000000183. The van der Waals surface area contributed by atoms with Crippen molar-refractivity contribution >= 4 is 96.3 Å². The quantitative estimate of drug-likeness (QED) is 0.149. The van der Waals surface area contributed by atoms with Crippen LogP contribution < -0.4 is 10.6 Å². The second kappa shape index (κ2) is 21.9. The zero-order valence-electron chi connectivity index (χ0n) is 38.1. The minimum absolute atomic E-state index is 0. The molecule has 2 amide bonds. The predicted molar refractivity (Wildman–Crippen MR) is 280 cm³/mol. The molecule has 6 aliphatic rings. The van der Waals surface area contributed by atoms with E-state index in [0.717, 1.165) is 67.5 Å². The van der Waals surface area contributed by atoms with E-state index < -0.39 is 0 Å². The number of hydrogen-bond donors (Lipinski definition) is 3. The van der Waals surface area contributed by atoms with Crippen molar-refractivity contribution in [2.75, 3.05) is 10.6 Å². The Kier molecular flexibility index (Phi) is 17.1. The summed E-state index contributed by atoms with van der Waals surface area (Å²) in [6.07, 6.45) is 15.7. The molecule has 2 aromatic carbocycles. The molecular weight excluding hydrogens is 1130 g/mol. The number of fused-ring (bicyclic) bond motifs is 10. The van der Waals surface area contributed by atoms with Crippen LogP contribution in [0.2, 0.25) is 0 Å². The van der Waals surface area contributed by atoms with Crippen molar-refractivity contribution in [3.05, 3.63) is 86.4 Å². The number of anilines is 2. The normalized spacial score (nSPS) is 29.9. The van der Waals surface area contributed by atoms with Crippen LogP contribution in [-0.4, -0.2) is 38.5 Å². The number of nitrogens with zero attached hydrogens (tertiary/aromatic N) is 2. The number of ketones is 2. The number of amides is 2. The second-order valence-electron chi connectivity index (χ2n) is 20.2. The molecule has 2 heterocycles. The number of phenols is 1. The average Bonchev–Trinajstić information content (AvgIpc) is 4.01. The number of carbonyl (C=O) groups is 4. The van der Waals surface area contributed by atoms with Gasteiger partial charge in [-0.05, 0) is 167 Å². The Morgan fingerprint density at radius 1 is 0.727 bits per heavy atom. The molecule has 0 bridgehead atoms. The van der Waals surface area contributed by atoms with Gasteiger partial charge in [-0.2, -0.15) is 0 Å². The zero-order valence-corrected chi connectivity index (χ0v) is 45.5. The molecule has 10 rings (SSSR count). The van der Waals surface area contributed by atoms with E-state index in [1.807, 2.05) is 19.9 Å². The number of aryl methyl sites for hydroxylation is 5. The third kappa shape index (κ3) is 10.8. The molecule has 10 atom stereocenters. The molecule has 4 fully saturated rings. The third-order valence-electron chi connectivity index (χ3n) is 16.5. The van der Waals surface area contributed by atoms with Gasteiger partial charge in [0.2, 0.25) is 11.8 Å². The first-order valence-electron chi connectivity index (χ1n) is 23.5. The van der Waals surface area contributed by atoms with Gasteiger partial charge in [-0.1, -0.05) is 51.1 Å². The summed E-state index contributed by atoms with van der Waals surface area (Å²) in [5.74, 6) is 4.61. The standard InChI is InChI=1S/C26H32N2O2S.C25H30N2O3S.CH4.2HI.V/c1-15-4-7-19-17(12-15)5-8-21-20(19)10-11-26(3)22(29)13-18(24(21)26)6-9-23(30)28-25-27-14-16(2)31-25;1-14-13-26-24(31-14)27-22(30)8-4-16-12-21(29)25(2)10-9-19-18-7-5-17(28)11-15(18)3-6-20(19)23(16)25;;;;/h4,7,12,14,18,20-21,24H,5-6,8-11,13H2,1-3H3,(H,27,28,30);5,7,11,13,16,19-20,23,28H,3-4,6,8-10,12H2,1-2H3,(H,26,27,30);1H4;2*1H;/q;;;;;+2/p-2/t18-,20?,21?,24?,26-;16-,19?,20?,23?,25-;;;;/m11..../s1. The number of rotatable bonds is 8. The Hall–Kier alpha value is -2.18. The van der Waals surface area contributed by atoms with E-state index >= 15 is 0 Å². The van der Waals surface area contributed by atoms with Crippen LogP contribution in [0.5, 0.6) is 5.75 Å². The van der Waals surface area contributed by atoms with Crippen LogP contribution in [0.3, 0.4) is 0 Å². The fourth-order valence-electron chi connectivity index (χ4n) is 13.8. The summed E-state index contributed by atoms with van der Waals surface area (Å²) >= 11 is 7.73. The molecule has 0 saturated heterocycles.